The highest BCUT2D eigenvalue weighted by Gasteiger charge is 2.14. The second-order valence-electron chi connectivity index (χ2n) is 3.62. The van der Waals surface area contributed by atoms with E-state index in [-0.39, 0.29) is 34.3 Å². The zero-order chi connectivity index (χ0) is 13.0. The lowest BCUT2D eigenvalue weighted by molar-refractivity contribution is 0.0915. The summed E-state index contributed by atoms with van der Waals surface area (Å²) in [5.41, 5.74) is 6.18. The highest BCUT2D eigenvalue weighted by molar-refractivity contribution is 6.43. The Bertz CT molecular complexity index is 397. The summed E-state index contributed by atoms with van der Waals surface area (Å²) in [7, 11) is 0. The minimum atomic E-state index is -0.337. The number of aliphatic hydroxyl groups is 1. The predicted molar refractivity (Wildman–Crippen MR) is 69.5 cm³/mol. The Morgan fingerprint density at radius 1 is 1.53 bits per heavy atom. The maximum absolute atomic E-state index is 11.8. The van der Waals surface area contributed by atoms with Crippen molar-refractivity contribution in [3.63, 3.8) is 0 Å². The summed E-state index contributed by atoms with van der Waals surface area (Å²) in [6.07, 6.45) is 0.638. The third kappa shape index (κ3) is 3.49. The van der Waals surface area contributed by atoms with Gasteiger partial charge in [-0.25, -0.2) is 0 Å². The minimum Gasteiger partial charge on any atom is -0.397 e. The number of nitrogens with two attached hydrogens (primary N) is 1. The molecule has 4 N–H and O–H groups in total. The molecule has 1 aromatic rings. The van der Waals surface area contributed by atoms with Crippen LogP contribution in [0.25, 0.3) is 0 Å². The van der Waals surface area contributed by atoms with E-state index in [2.05, 4.69) is 5.32 Å². The van der Waals surface area contributed by atoms with Crippen LogP contribution in [0, 0.1) is 0 Å². The van der Waals surface area contributed by atoms with Gasteiger partial charge in [0.1, 0.15) is 0 Å². The molecule has 94 valence electrons. The van der Waals surface area contributed by atoms with Gasteiger partial charge >= 0.3 is 0 Å². The topological polar surface area (TPSA) is 75.3 Å². The van der Waals surface area contributed by atoms with Gasteiger partial charge in [-0.1, -0.05) is 30.1 Å². The van der Waals surface area contributed by atoms with Crippen molar-refractivity contribution in [3.8, 4) is 0 Å². The van der Waals surface area contributed by atoms with Crippen molar-refractivity contribution in [2.24, 2.45) is 0 Å². The van der Waals surface area contributed by atoms with Gasteiger partial charge in [0.2, 0.25) is 0 Å². The van der Waals surface area contributed by atoms with Crippen LogP contribution in [0.15, 0.2) is 12.1 Å². The average molecular weight is 277 g/mol. The monoisotopic (exact) mass is 276 g/mol. The summed E-state index contributed by atoms with van der Waals surface area (Å²) < 4.78 is 0. The number of carbonyl (C=O) groups excluding carboxylic acids is 1. The fourth-order valence-corrected chi connectivity index (χ4v) is 1.62. The molecule has 0 aromatic heterocycles. The maximum Gasteiger partial charge on any atom is 0.251 e. The molecule has 0 fully saturated rings. The van der Waals surface area contributed by atoms with Crippen LogP contribution in [0.1, 0.15) is 23.7 Å². The van der Waals surface area contributed by atoms with Crippen molar-refractivity contribution in [1.29, 1.82) is 0 Å². The summed E-state index contributed by atoms with van der Waals surface area (Å²) in [6.45, 7) is 1.75. The van der Waals surface area contributed by atoms with E-state index in [1.165, 1.54) is 12.1 Å². The number of nitrogen functional groups attached to an aromatic ring is 1. The van der Waals surface area contributed by atoms with Gasteiger partial charge in [0, 0.05) is 5.56 Å². The van der Waals surface area contributed by atoms with Crippen LogP contribution in [0.2, 0.25) is 10.0 Å². The Balaban J connectivity index is 2.90. The van der Waals surface area contributed by atoms with Crippen molar-refractivity contribution in [1.82, 2.24) is 5.32 Å². The molecule has 1 rings (SSSR count). The van der Waals surface area contributed by atoms with E-state index < -0.39 is 0 Å². The molecule has 0 unspecified atom stereocenters. The summed E-state index contributed by atoms with van der Waals surface area (Å²) in [6, 6.07) is 2.62. The normalized spacial score (nSPS) is 12.2. The maximum atomic E-state index is 11.8. The van der Waals surface area contributed by atoms with Gasteiger partial charge in [-0.15, -0.1) is 0 Å². The fourth-order valence-electron chi connectivity index (χ4n) is 1.29. The zero-order valence-electron chi connectivity index (χ0n) is 9.34. The number of anilines is 1. The molecule has 0 aliphatic carbocycles. The van der Waals surface area contributed by atoms with Gasteiger partial charge in [-0.05, 0) is 18.6 Å². The van der Waals surface area contributed by atoms with E-state index in [1.807, 2.05) is 6.92 Å². The van der Waals surface area contributed by atoms with Crippen LogP contribution in [-0.4, -0.2) is 23.7 Å². The molecule has 17 heavy (non-hydrogen) atoms. The van der Waals surface area contributed by atoms with Crippen LogP contribution in [-0.2, 0) is 0 Å². The first kappa shape index (κ1) is 14.1. The minimum absolute atomic E-state index is 0.112. The van der Waals surface area contributed by atoms with Gasteiger partial charge in [0.25, 0.3) is 5.91 Å². The van der Waals surface area contributed by atoms with Crippen molar-refractivity contribution < 1.29 is 9.90 Å². The molecule has 0 heterocycles. The Hall–Kier alpha value is -0.970. The van der Waals surface area contributed by atoms with Crippen LogP contribution in [0.3, 0.4) is 0 Å². The molecule has 0 aliphatic rings. The van der Waals surface area contributed by atoms with Gasteiger partial charge in [0.15, 0.2) is 0 Å². The molecule has 6 heteroatoms. The standard InChI is InChI=1S/C11H14Cl2N2O2/c1-2-7(5-16)15-11(17)6-3-8(12)10(13)9(14)4-6/h3-4,7,16H,2,5,14H2,1H3,(H,15,17)/t7-/m1/s1. The Labute approximate surface area is 110 Å². The van der Waals surface area contributed by atoms with Gasteiger partial charge in [-0.3, -0.25) is 4.79 Å². The lowest BCUT2D eigenvalue weighted by Crippen LogP contribution is -2.36. The van der Waals surface area contributed by atoms with E-state index >= 15 is 0 Å². The number of amides is 1. The Morgan fingerprint density at radius 3 is 2.65 bits per heavy atom. The molecule has 1 amide bonds. The molecule has 4 nitrogen and oxygen atoms in total. The third-order valence-corrected chi connectivity index (χ3v) is 3.18. The molecular weight excluding hydrogens is 263 g/mol. The van der Waals surface area contributed by atoms with Gasteiger partial charge in [0.05, 0.1) is 28.4 Å². The van der Waals surface area contributed by atoms with Crippen LogP contribution >= 0.6 is 23.2 Å². The smallest absolute Gasteiger partial charge is 0.251 e. The second-order valence-corrected chi connectivity index (χ2v) is 4.41. The number of benzene rings is 1. The van der Waals surface area contributed by atoms with E-state index in [0.717, 1.165) is 0 Å². The quantitative estimate of drug-likeness (QED) is 0.737. The summed E-state index contributed by atoms with van der Waals surface area (Å²) in [5.74, 6) is -0.337. The number of aliphatic hydroxyl groups excluding tert-OH is 1. The number of nitrogens with one attached hydrogen (secondary N) is 1. The predicted octanol–water partition coefficient (Wildman–Crippen LogP) is 2.08. The molecule has 0 radical (unpaired) electrons. The summed E-state index contributed by atoms with van der Waals surface area (Å²) in [5, 5.41) is 12.1. The fraction of sp³-hybridized carbons (Fsp3) is 0.364. The molecule has 0 aliphatic heterocycles. The average Bonchev–Trinajstić information content (AvgIpc) is 2.31. The van der Waals surface area contributed by atoms with Crippen LogP contribution in [0.4, 0.5) is 5.69 Å². The number of carbonyl (C=O) groups is 1. The number of hydrogen-bond acceptors (Lipinski definition) is 3. The Kier molecular flexibility index (Phi) is 5.05. The van der Waals surface area contributed by atoms with Gasteiger partial charge in [-0.2, -0.15) is 0 Å². The van der Waals surface area contributed by atoms with Crippen LogP contribution in [0.5, 0.6) is 0 Å². The Morgan fingerprint density at radius 2 is 2.18 bits per heavy atom. The van der Waals surface area contributed by atoms with Crippen molar-refractivity contribution >= 4 is 34.8 Å². The first-order valence-electron chi connectivity index (χ1n) is 5.15. The molecule has 0 bridgehead atoms. The van der Waals surface area contributed by atoms with Crippen LogP contribution < -0.4 is 11.1 Å². The second kappa shape index (κ2) is 6.10. The molecule has 1 atom stereocenters. The first-order chi connectivity index (χ1) is 7.99. The van der Waals surface area contributed by atoms with Crippen molar-refractivity contribution in [2.75, 3.05) is 12.3 Å². The summed E-state index contributed by atoms with van der Waals surface area (Å²) in [4.78, 5) is 11.8. The van der Waals surface area contributed by atoms with E-state index in [1.54, 1.807) is 0 Å². The number of halogens is 2. The van der Waals surface area contributed by atoms with Gasteiger partial charge < -0.3 is 16.2 Å². The lowest BCUT2D eigenvalue weighted by Gasteiger charge is -2.14. The molecular formula is C11H14Cl2N2O2. The van der Waals surface area contributed by atoms with E-state index in [4.69, 9.17) is 34.0 Å². The highest BCUT2D eigenvalue weighted by atomic mass is 35.5. The number of hydrogen-bond donors (Lipinski definition) is 3. The van der Waals surface area contributed by atoms with E-state index in [9.17, 15) is 4.79 Å². The third-order valence-electron chi connectivity index (χ3n) is 2.37. The van der Waals surface area contributed by atoms with Crippen molar-refractivity contribution in [3.05, 3.63) is 27.7 Å². The SMILES string of the molecule is CC[C@H](CO)NC(=O)c1cc(N)c(Cl)c(Cl)c1. The largest absolute Gasteiger partial charge is 0.397 e. The highest BCUT2D eigenvalue weighted by Crippen LogP contribution is 2.29. The zero-order valence-corrected chi connectivity index (χ0v) is 10.8. The first-order valence-corrected chi connectivity index (χ1v) is 5.91. The molecule has 0 spiro atoms. The van der Waals surface area contributed by atoms with E-state index in [0.29, 0.717) is 12.0 Å². The summed E-state index contributed by atoms with van der Waals surface area (Å²) >= 11 is 11.6. The lowest BCUT2D eigenvalue weighted by atomic mass is 10.1. The van der Waals surface area contributed by atoms with Crippen molar-refractivity contribution in [2.45, 2.75) is 19.4 Å². The molecule has 1 aromatic carbocycles. The number of rotatable bonds is 4. The molecule has 0 saturated heterocycles. The molecule has 0 saturated carbocycles.